The highest BCUT2D eigenvalue weighted by Gasteiger charge is 2.17. The highest BCUT2D eigenvalue weighted by atomic mass is 16.5. The molecule has 1 aromatic heterocycles. The van der Waals surface area contributed by atoms with Gasteiger partial charge in [0, 0.05) is 17.3 Å². The van der Waals surface area contributed by atoms with E-state index in [-0.39, 0.29) is 5.91 Å². The number of benzene rings is 2. The van der Waals surface area contributed by atoms with Crippen molar-refractivity contribution in [2.45, 2.75) is 13.0 Å². The first kappa shape index (κ1) is 17.2. The lowest BCUT2D eigenvalue weighted by atomic mass is 10.1. The summed E-state index contributed by atoms with van der Waals surface area (Å²) in [6.45, 7) is 2.46. The molecule has 6 nitrogen and oxygen atoms in total. The third-order valence-electron chi connectivity index (χ3n) is 3.79. The molecule has 3 aromatic rings. The zero-order chi connectivity index (χ0) is 18.4. The van der Waals surface area contributed by atoms with Crippen LogP contribution in [-0.2, 0) is 0 Å². The zero-order valence-corrected chi connectivity index (χ0v) is 14.3. The van der Waals surface area contributed by atoms with Gasteiger partial charge in [-0.1, -0.05) is 18.2 Å². The topological polar surface area (TPSA) is 79.9 Å². The fourth-order valence-electron chi connectivity index (χ4n) is 2.48. The van der Waals surface area contributed by atoms with Crippen LogP contribution in [0.2, 0.25) is 0 Å². The number of aromatic nitrogens is 2. The molecule has 26 heavy (non-hydrogen) atoms. The van der Waals surface area contributed by atoms with Crippen molar-refractivity contribution in [3.05, 3.63) is 78.1 Å². The molecule has 1 amide bonds. The number of nitrogens with one attached hydrogen (secondary N) is 1. The van der Waals surface area contributed by atoms with Crippen molar-refractivity contribution in [3.8, 4) is 17.5 Å². The largest absolute Gasteiger partial charge is 0.494 e. The Morgan fingerprint density at radius 1 is 1.23 bits per heavy atom. The van der Waals surface area contributed by atoms with Gasteiger partial charge >= 0.3 is 0 Å². The van der Waals surface area contributed by atoms with Crippen LogP contribution in [0.5, 0.6) is 5.75 Å². The maximum Gasteiger partial charge on any atom is 0.252 e. The average Bonchev–Trinajstić information content (AvgIpc) is 3.17. The fraction of sp³-hybridized carbons (Fsp3) is 0.150. The summed E-state index contributed by atoms with van der Waals surface area (Å²) in [7, 11) is 0. The molecular formula is C20H18N4O2. The van der Waals surface area contributed by atoms with Crippen molar-refractivity contribution in [1.29, 1.82) is 5.26 Å². The standard InChI is InChI=1S/C20H18N4O2/c1-2-26-18-10-8-15(9-11-18)20(25)23-19(12-21)16-13-22-24(14-16)17-6-4-3-5-7-17/h3-11,13-14,19H,2H2,1H3,(H,23,25)/t19-/m1/s1. The Hall–Kier alpha value is -3.59. The van der Waals surface area contributed by atoms with Crippen LogP contribution < -0.4 is 10.1 Å². The summed E-state index contributed by atoms with van der Waals surface area (Å²) in [6.07, 6.45) is 3.32. The minimum Gasteiger partial charge on any atom is -0.494 e. The van der Waals surface area contributed by atoms with Crippen molar-refractivity contribution in [2.75, 3.05) is 6.61 Å². The van der Waals surface area contributed by atoms with Gasteiger partial charge in [-0.2, -0.15) is 10.4 Å². The van der Waals surface area contributed by atoms with E-state index in [0.29, 0.717) is 23.5 Å². The Balaban J connectivity index is 1.72. The van der Waals surface area contributed by atoms with Crippen molar-refractivity contribution in [1.82, 2.24) is 15.1 Å². The van der Waals surface area contributed by atoms with Crippen molar-refractivity contribution >= 4 is 5.91 Å². The molecule has 0 radical (unpaired) electrons. The number of nitrogens with zero attached hydrogens (tertiary/aromatic N) is 3. The lowest BCUT2D eigenvalue weighted by molar-refractivity contribution is 0.0945. The number of nitriles is 1. The maximum absolute atomic E-state index is 12.4. The second kappa shape index (κ2) is 7.99. The number of hydrogen-bond donors (Lipinski definition) is 1. The van der Waals surface area contributed by atoms with E-state index in [1.807, 2.05) is 37.3 Å². The molecular weight excluding hydrogens is 328 g/mol. The molecule has 0 bridgehead atoms. The highest BCUT2D eigenvalue weighted by molar-refractivity contribution is 5.94. The summed E-state index contributed by atoms with van der Waals surface area (Å²) >= 11 is 0. The molecule has 0 saturated heterocycles. The Kier molecular flexibility index (Phi) is 5.30. The van der Waals surface area contributed by atoms with Gasteiger partial charge in [-0.3, -0.25) is 4.79 Å². The summed E-state index contributed by atoms with van der Waals surface area (Å²) in [5.74, 6) is 0.372. The van der Waals surface area contributed by atoms with E-state index >= 15 is 0 Å². The van der Waals surface area contributed by atoms with Crippen LogP contribution in [0, 0.1) is 11.3 Å². The molecule has 0 aliphatic rings. The quantitative estimate of drug-likeness (QED) is 0.743. The highest BCUT2D eigenvalue weighted by Crippen LogP contribution is 2.16. The third-order valence-corrected chi connectivity index (χ3v) is 3.79. The SMILES string of the molecule is CCOc1ccc(C(=O)N[C@H](C#N)c2cnn(-c3ccccc3)c2)cc1. The first-order valence-corrected chi connectivity index (χ1v) is 8.24. The average molecular weight is 346 g/mol. The zero-order valence-electron chi connectivity index (χ0n) is 14.3. The van der Waals surface area contributed by atoms with E-state index in [1.165, 1.54) is 0 Å². The number of ether oxygens (including phenoxy) is 1. The van der Waals surface area contributed by atoms with Gasteiger partial charge in [-0.25, -0.2) is 4.68 Å². The van der Waals surface area contributed by atoms with Gasteiger partial charge in [0.1, 0.15) is 11.8 Å². The molecule has 2 aromatic carbocycles. The number of amides is 1. The minimum atomic E-state index is -0.786. The van der Waals surface area contributed by atoms with E-state index in [1.54, 1.807) is 41.3 Å². The van der Waals surface area contributed by atoms with Gasteiger partial charge in [-0.05, 0) is 43.3 Å². The van der Waals surface area contributed by atoms with Crippen molar-refractivity contribution < 1.29 is 9.53 Å². The van der Waals surface area contributed by atoms with Crippen LogP contribution in [0.15, 0.2) is 67.0 Å². The minimum absolute atomic E-state index is 0.327. The number of para-hydroxylation sites is 1. The second-order valence-corrected chi connectivity index (χ2v) is 5.55. The fourth-order valence-corrected chi connectivity index (χ4v) is 2.48. The van der Waals surface area contributed by atoms with Crippen LogP contribution >= 0.6 is 0 Å². The predicted octanol–water partition coefficient (Wildman–Crippen LogP) is 3.27. The van der Waals surface area contributed by atoms with E-state index < -0.39 is 6.04 Å². The number of carbonyl (C=O) groups is 1. The van der Waals surface area contributed by atoms with E-state index in [9.17, 15) is 10.1 Å². The molecule has 3 rings (SSSR count). The smallest absolute Gasteiger partial charge is 0.252 e. The van der Waals surface area contributed by atoms with Crippen LogP contribution in [0.25, 0.3) is 5.69 Å². The first-order valence-electron chi connectivity index (χ1n) is 8.24. The Morgan fingerprint density at radius 2 is 1.96 bits per heavy atom. The summed E-state index contributed by atoms with van der Waals surface area (Å²) in [5.41, 5.74) is 1.97. The summed E-state index contributed by atoms with van der Waals surface area (Å²) in [4.78, 5) is 12.4. The summed E-state index contributed by atoms with van der Waals surface area (Å²) < 4.78 is 7.03. The Labute approximate surface area is 151 Å². The van der Waals surface area contributed by atoms with Crippen molar-refractivity contribution in [2.24, 2.45) is 0 Å². The molecule has 0 unspecified atom stereocenters. The van der Waals surface area contributed by atoms with Gasteiger partial charge in [0.05, 0.1) is 24.6 Å². The van der Waals surface area contributed by atoms with Crippen LogP contribution in [-0.4, -0.2) is 22.3 Å². The number of rotatable bonds is 6. The molecule has 0 fully saturated rings. The van der Waals surface area contributed by atoms with E-state index in [2.05, 4.69) is 16.5 Å². The van der Waals surface area contributed by atoms with E-state index in [0.717, 1.165) is 5.69 Å². The second-order valence-electron chi connectivity index (χ2n) is 5.55. The lowest BCUT2D eigenvalue weighted by Crippen LogP contribution is -2.27. The lowest BCUT2D eigenvalue weighted by Gasteiger charge is -2.10. The third kappa shape index (κ3) is 3.90. The molecule has 0 aliphatic heterocycles. The molecule has 0 spiro atoms. The van der Waals surface area contributed by atoms with Crippen LogP contribution in [0.4, 0.5) is 0 Å². The van der Waals surface area contributed by atoms with Gasteiger partial charge < -0.3 is 10.1 Å². The molecule has 1 heterocycles. The molecule has 1 atom stereocenters. The van der Waals surface area contributed by atoms with Gasteiger partial charge in [0.2, 0.25) is 0 Å². The number of carbonyl (C=O) groups excluding carboxylic acids is 1. The molecule has 6 heteroatoms. The summed E-state index contributed by atoms with van der Waals surface area (Å²) in [6, 6.07) is 17.7. The van der Waals surface area contributed by atoms with Crippen molar-refractivity contribution in [3.63, 3.8) is 0 Å². The van der Waals surface area contributed by atoms with Gasteiger partial charge in [-0.15, -0.1) is 0 Å². The first-order chi connectivity index (χ1) is 12.7. The Bertz CT molecular complexity index is 911. The molecule has 130 valence electrons. The normalized spacial score (nSPS) is 11.4. The van der Waals surface area contributed by atoms with E-state index in [4.69, 9.17) is 4.74 Å². The predicted molar refractivity (Wildman–Crippen MR) is 97.0 cm³/mol. The maximum atomic E-state index is 12.4. The Morgan fingerprint density at radius 3 is 2.62 bits per heavy atom. The van der Waals surface area contributed by atoms with Crippen LogP contribution in [0.3, 0.4) is 0 Å². The van der Waals surface area contributed by atoms with Gasteiger partial charge in [0.25, 0.3) is 5.91 Å². The molecule has 0 saturated carbocycles. The molecule has 1 N–H and O–H groups in total. The van der Waals surface area contributed by atoms with Crippen LogP contribution in [0.1, 0.15) is 28.9 Å². The monoisotopic (exact) mass is 346 g/mol. The number of hydrogen-bond acceptors (Lipinski definition) is 4. The van der Waals surface area contributed by atoms with Gasteiger partial charge in [0.15, 0.2) is 0 Å². The molecule has 0 aliphatic carbocycles. The summed E-state index contributed by atoms with van der Waals surface area (Å²) in [5, 5.41) is 16.4.